The summed E-state index contributed by atoms with van der Waals surface area (Å²) in [6.45, 7) is 2.12. The van der Waals surface area contributed by atoms with Crippen molar-refractivity contribution in [3.05, 3.63) is 53.4 Å². The molecule has 0 N–H and O–H groups in total. The van der Waals surface area contributed by atoms with E-state index in [4.69, 9.17) is 10.00 Å². The average Bonchev–Trinajstić information content (AvgIpc) is 2.70. The van der Waals surface area contributed by atoms with Crippen molar-refractivity contribution in [2.24, 2.45) is 5.92 Å². The number of aromatic nitrogens is 2. The van der Waals surface area contributed by atoms with Gasteiger partial charge in [0.1, 0.15) is 5.82 Å². The van der Waals surface area contributed by atoms with Crippen LogP contribution < -0.4 is 4.74 Å². The minimum absolute atomic E-state index is 0.129. The topological polar surface area (TPSA) is 75.9 Å². The van der Waals surface area contributed by atoms with Crippen molar-refractivity contribution >= 4 is 5.97 Å². The number of halogens is 1. The monoisotopic (exact) mass is 367 g/mol. The van der Waals surface area contributed by atoms with Crippen LogP contribution in [0.5, 0.6) is 5.75 Å². The maximum atomic E-state index is 13.9. The number of hydrogen-bond donors (Lipinski definition) is 0. The fourth-order valence-corrected chi connectivity index (χ4v) is 3.43. The summed E-state index contributed by atoms with van der Waals surface area (Å²) in [6.07, 6.45) is 8.77. The summed E-state index contributed by atoms with van der Waals surface area (Å²) in [7, 11) is 0. The molecule has 0 saturated heterocycles. The number of rotatable bonds is 5. The lowest BCUT2D eigenvalue weighted by Crippen LogP contribution is -2.26. The number of nitrogens with zero attached hydrogens (tertiary/aromatic N) is 3. The molecule has 0 amide bonds. The Balaban J connectivity index is 1.55. The molecule has 0 radical (unpaired) electrons. The van der Waals surface area contributed by atoms with E-state index in [-0.39, 0.29) is 23.1 Å². The van der Waals surface area contributed by atoms with E-state index in [1.165, 1.54) is 12.1 Å². The van der Waals surface area contributed by atoms with Gasteiger partial charge in [-0.2, -0.15) is 5.26 Å². The summed E-state index contributed by atoms with van der Waals surface area (Å²) in [6, 6.07) is 5.67. The Morgan fingerprint density at radius 3 is 2.56 bits per heavy atom. The first kappa shape index (κ1) is 19.0. The van der Waals surface area contributed by atoms with Gasteiger partial charge >= 0.3 is 5.97 Å². The second-order valence-electron chi connectivity index (χ2n) is 6.93. The molecule has 6 heteroatoms. The second kappa shape index (κ2) is 8.72. The zero-order chi connectivity index (χ0) is 19.2. The molecular weight excluding hydrogens is 345 g/mol. The van der Waals surface area contributed by atoms with Gasteiger partial charge in [-0.3, -0.25) is 4.79 Å². The lowest BCUT2D eigenvalue weighted by atomic mass is 9.81. The molecule has 1 heterocycles. The van der Waals surface area contributed by atoms with Gasteiger partial charge in [0.2, 0.25) is 0 Å². The molecule has 5 nitrogen and oxygen atoms in total. The van der Waals surface area contributed by atoms with Crippen molar-refractivity contribution in [2.75, 3.05) is 0 Å². The van der Waals surface area contributed by atoms with Gasteiger partial charge in [0.15, 0.2) is 11.6 Å². The predicted octanol–water partition coefficient (Wildman–Crippen LogP) is 4.32. The summed E-state index contributed by atoms with van der Waals surface area (Å²) in [4.78, 5) is 21.3. The summed E-state index contributed by atoms with van der Waals surface area (Å²) >= 11 is 0. The normalized spacial score (nSPS) is 19.3. The molecule has 1 aromatic heterocycles. The lowest BCUT2D eigenvalue weighted by molar-refractivity contribution is -0.140. The molecule has 0 aliphatic heterocycles. The highest BCUT2D eigenvalue weighted by Gasteiger charge is 2.30. The Labute approximate surface area is 158 Å². The number of nitriles is 1. The highest BCUT2D eigenvalue weighted by atomic mass is 19.1. The Bertz CT molecular complexity index is 837. The van der Waals surface area contributed by atoms with Crippen LogP contribution in [0.2, 0.25) is 0 Å². The van der Waals surface area contributed by atoms with Crippen LogP contribution >= 0.6 is 0 Å². The smallest absolute Gasteiger partial charge is 0.314 e. The Hall–Kier alpha value is -2.81. The fourth-order valence-electron chi connectivity index (χ4n) is 3.43. The van der Waals surface area contributed by atoms with E-state index < -0.39 is 11.8 Å². The van der Waals surface area contributed by atoms with Crippen LogP contribution in [0.25, 0.3) is 0 Å². The average molecular weight is 367 g/mol. The molecule has 0 atom stereocenters. The number of aryl methyl sites for hydroxylation is 1. The van der Waals surface area contributed by atoms with E-state index in [1.807, 2.05) is 18.5 Å². The number of ether oxygens (including phenoxy) is 1. The highest BCUT2D eigenvalue weighted by molar-refractivity contribution is 5.75. The minimum atomic E-state index is -0.698. The first-order valence-electron chi connectivity index (χ1n) is 9.32. The zero-order valence-electron chi connectivity index (χ0n) is 15.3. The van der Waals surface area contributed by atoms with Crippen LogP contribution in [0, 0.1) is 23.1 Å². The first-order chi connectivity index (χ1) is 13.1. The molecule has 1 aromatic carbocycles. The molecule has 140 valence electrons. The quantitative estimate of drug-likeness (QED) is 0.581. The third-order valence-electron chi connectivity index (χ3n) is 4.96. The fraction of sp³-hybridized carbons (Fsp3) is 0.429. The maximum absolute atomic E-state index is 13.9. The van der Waals surface area contributed by atoms with E-state index in [1.54, 1.807) is 0 Å². The molecular formula is C21H22FN3O2. The molecule has 1 saturated carbocycles. The summed E-state index contributed by atoms with van der Waals surface area (Å²) < 4.78 is 19.1. The molecule has 0 spiro atoms. The standard InChI is InChI=1S/C21H22FN3O2/c1-2-3-15-12-24-20(25-13-15)16-5-7-17(8-6-16)21(26)27-19-9-4-14(11-23)10-18(19)22/h4,9-10,12-13,16-17H,2-3,5-8H2,1H3. The van der Waals surface area contributed by atoms with Crippen LogP contribution in [-0.4, -0.2) is 15.9 Å². The van der Waals surface area contributed by atoms with Gasteiger partial charge < -0.3 is 4.74 Å². The molecule has 0 bridgehead atoms. The number of carbonyl (C=O) groups is 1. The van der Waals surface area contributed by atoms with Gasteiger partial charge in [-0.05, 0) is 55.9 Å². The Morgan fingerprint density at radius 1 is 1.26 bits per heavy atom. The lowest BCUT2D eigenvalue weighted by Gasteiger charge is -2.26. The summed E-state index contributed by atoms with van der Waals surface area (Å²) in [5.41, 5.74) is 1.33. The number of hydrogen-bond acceptors (Lipinski definition) is 5. The van der Waals surface area contributed by atoms with Crippen molar-refractivity contribution in [3.63, 3.8) is 0 Å². The van der Waals surface area contributed by atoms with E-state index in [0.717, 1.165) is 43.1 Å². The predicted molar refractivity (Wildman–Crippen MR) is 97.5 cm³/mol. The first-order valence-corrected chi connectivity index (χ1v) is 9.32. The third kappa shape index (κ3) is 4.68. The molecule has 3 rings (SSSR count). The van der Waals surface area contributed by atoms with Crippen molar-refractivity contribution in [2.45, 2.75) is 51.4 Å². The van der Waals surface area contributed by atoms with Gasteiger partial charge in [-0.15, -0.1) is 0 Å². The van der Waals surface area contributed by atoms with Crippen LogP contribution in [0.1, 0.15) is 61.9 Å². The highest BCUT2D eigenvalue weighted by Crippen LogP contribution is 2.35. The van der Waals surface area contributed by atoms with Crippen LogP contribution in [0.15, 0.2) is 30.6 Å². The SMILES string of the molecule is CCCc1cnc(C2CCC(C(=O)Oc3ccc(C#N)cc3F)CC2)nc1. The van der Waals surface area contributed by atoms with Crippen molar-refractivity contribution < 1.29 is 13.9 Å². The number of benzene rings is 1. The number of carbonyl (C=O) groups excluding carboxylic acids is 1. The van der Waals surface area contributed by atoms with Crippen LogP contribution in [0.3, 0.4) is 0 Å². The van der Waals surface area contributed by atoms with Gasteiger partial charge in [0.05, 0.1) is 17.6 Å². The zero-order valence-corrected chi connectivity index (χ0v) is 15.3. The molecule has 27 heavy (non-hydrogen) atoms. The van der Waals surface area contributed by atoms with E-state index in [0.29, 0.717) is 12.8 Å². The largest absolute Gasteiger partial charge is 0.423 e. The molecule has 2 aromatic rings. The molecule has 0 unspecified atom stereocenters. The molecule has 1 fully saturated rings. The Kier molecular flexibility index (Phi) is 6.12. The van der Waals surface area contributed by atoms with Gasteiger partial charge in [0, 0.05) is 18.3 Å². The minimum Gasteiger partial charge on any atom is -0.423 e. The van der Waals surface area contributed by atoms with Crippen molar-refractivity contribution in [1.29, 1.82) is 5.26 Å². The van der Waals surface area contributed by atoms with Crippen LogP contribution in [-0.2, 0) is 11.2 Å². The molecule has 1 aliphatic carbocycles. The van der Waals surface area contributed by atoms with Gasteiger partial charge in [-0.1, -0.05) is 13.3 Å². The van der Waals surface area contributed by atoms with Crippen molar-refractivity contribution in [3.8, 4) is 11.8 Å². The van der Waals surface area contributed by atoms with E-state index in [2.05, 4.69) is 16.9 Å². The second-order valence-corrected chi connectivity index (χ2v) is 6.93. The summed E-state index contributed by atoms with van der Waals surface area (Å²) in [5.74, 6) is -0.421. The third-order valence-corrected chi connectivity index (χ3v) is 4.96. The number of esters is 1. The van der Waals surface area contributed by atoms with Crippen molar-refractivity contribution in [1.82, 2.24) is 9.97 Å². The maximum Gasteiger partial charge on any atom is 0.314 e. The molecule has 1 aliphatic rings. The summed E-state index contributed by atoms with van der Waals surface area (Å²) in [5, 5.41) is 8.76. The van der Waals surface area contributed by atoms with Gasteiger partial charge in [0.25, 0.3) is 0 Å². The van der Waals surface area contributed by atoms with E-state index in [9.17, 15) is 9.18 Å². The van der Waals surface area contributed by atoms with Crippen LogP contribution in [0.4, 0.5) is 4.39 Å². The Morgan fingerprint density at radius 2 is 1.96 bits per heavy atom. The van der Waals surface area contributed by atoms with E-state index >= 15 is 0 Å². The van der Waals surface area contributed by atoms with Gasteiger partial charge in [-0.25, -0.2) is 14.4 Å².